The topological polar surface area (TPSA) is 63.8 Å². The molecule has 0 bridgehead atoms. The molecule has 0 aliphatic heterocycles. The van der Waals surface area contributed by atoms with Crippen molar-refractivity contribution < 1.29 is 5.11 Å². The first-order valence-electron chi connectivity index (χ1n) is 4.83. The lowest BCUT2D eigenvalue weighted by Crippen LogP contribution is -1.98. The highest BCUT2D eigenvalue weighted by atomic mass is 32.2. The summed E-state index contributed by atoms with van der Waals surface area (Å²) in [5, 5.41) is 15.1. The first kappa shape index (κ1) is 11.1. The van der Waals surface area contributed by atoms with Gasteiger partial charge >= 0.3 is 0 Å². The van der Waals surface area contributed by atoms with Gasteiger partial charge in [-0.15, -0.1) is 0 Å². The van der Waals surface area contributed by atoms with Crippen LogP contribution in [-0.4, -0.2) is 24.9 Å². The molecule has 0 aliphatic carbocycles. The van der Waals surface area contributed by atoms with E-state index in [1.54, 1.807) is 17.8 Å². The molecule has 0 saturated carbocycles. The Morgan fingerprint density at radius 1 is 1.44 bits per heavy atom. The van der Waals surface area contributed by atoms with Crippen molar-refractivity contribution in [2.75, 3.05) is 0 Å². The highest BCUT2D eigenvalue weighted by molar-refractivity contribution is 7.99. The maximum Gasteiger partial charge on any atom is 0.192 e. The molecule has 2 heterocycles. The molecule has 6 heteroatoms. The molecule has 2 rings (SSSR count). The van der Waals surface area contributed by atoms with E-state index in [0.29, 0.717) is 0 Å². The zero-order chi connectivity index (χ0) is 11.5. The van der Waals surface area contributed by atoms with E-state index in [4.69, 9.17) is 0 Å². The maximum atomic E-state index is 9.61. The van der Waals surface area contributed by atoms with Crippen LogP contribution in [0.25, 0.3) is 0 Å². The summed E-state index contributed by atoms with van der Waals surface area (Å²) >= 11 is 1.39. The van der Waals surface area contributed by atoms with E-state index in [0.717, 1.165) is 15.7 Å². The lowest BCUT2D eigenvalue weighted by atomic mass is 10.2. The van der Waals surface area contributed by atoms with Gasteiger partial charge in [-0.1, -0.05) is 6.07 Å². The average molecular weight is 236 g/mol. The zero-order valence-electron chi connectivity index (χ0n) is 9.03. The predicted octanol–water partition coefficient (Wildman–Crippen LogP) is 1.41. The van der Waals surface area contributed by atoms with Gasteiger partial charge in [0.1, 0.15) is 11.4 Å². The third-order valence-electron chi connectivity index (χ3n) is 2.11. The van der Waals surface area contributed by atoms with Crippen molar-refractivity contribution in [2.45, 2.75) is 23.2 Å². The molecule has 0 saturated heterocycles. The maximum absolute atomic E-state index is 9.61. The van der Waals surface area contributed by atoms with Crippen molar-refractivity contribution in [2.24, 2.45) is 7.05 Å². The van der Waals surface area contributed by atoms with Crippen molar-refractivity contribution in [3.05, 3.63) is 30.2 Å². The van der Waals surface area contributed by atoms with Crippen LogP contribution in [0.15, 0.2) is 34.8 Å². The van der Waals surface area contributed by atoms with Gasteiger partial charge in [0.05, 0.1) is 6.10 Å². The fraction of sp³-hybridized carbons (Fsp3) is 0.300. The second kappa shape index (κ2) is 4.63. The largest absolute Gasteiger partial charge is 0.389 e. The number of aliphatic hydroxyl groups excluding tert-OH is 1. The number of aliphatic hydroxyl groups is 1. The van der Waals surface area contributed by atoms with Crippen LogP contribution in [-0.2, 0) is 7.05 Å². The van der Waals surface area contributed by atoms with Crippen LogP contribution in [0.3, 0.4) is 0 Å². The monoisotopic (exact) mass is 236 g/mol. The molecule has 1 atom stereocenters. The lowest BCUT2D eigenvalue weighted by Gasteiger charge is -2.09. The fourth-order valence-corrected chi connectivity index (χ4v) is 2.19. The van der Waals surface area contributed by atoms with Crippen LogP contribution in [0.5, 0.6) is 0 Å². The Kier molecular flexibility index (Phi) is 3.21. The molecule has 16 heavy (non-hydrogen) atoms. The first-order chi connectivity index (χ1) is 7.68. The van der Waals surface area contributed by atoms with Gasteiger partial charge in [0.25, 0.3) is 0 Å². The summed E-state index contributed by atoms with van der Waals surface area (Å²) in [6.07, 6.45) is 2.65. The van der Waals surface area contributed by atoms with E-state index >= 15 is 0 Å². The van der Waals surface area contributed by atoms with Gasteiger partial charge in [0, 0.05) is 18.8 Å². The third kappa shape index (κ3) is 2.23. The Bertz CT molecular complexity index is 483. The Balaban J connectivity index is 2.31. The molecule has 0 fully saturated rings. The van der Waals surface area contributed by atoms with Crippen LogP contribution in [0, 0.1) is 0 Å². The Hall–Kier alpha value is -1.40. The molecule has 84 valence electrons. The average Bonchev–Trinajstić information content (AvgIpc) is 2.65. The van der Waals surface area contributed by atoms with Gasteiger partial charge in [-0.3, -0.25) is 0 Å². The third-order valence-corrected chi connectivity index (χ3v) is 3.20. The minimum atomic E-state index is -0.538. The molecule has 2 aromatic rings. The number of aryl methyl sites for hydroxylation is 1. The molecule has 0 radical (unpaired) electrons. The quantitative estimate of drug-likeness (QED) is 0.873. The summed E-state index contributed by atoms with van der Waals surface area (Å²) in [7, 11) is 1.82. The molecular formula is C10H12N4OS. The minimum absolute atomic E-state index is 0.538. The summed E-state index contributed by atoms with van der Waals surface area (Å²) in [4.78, 5) is 8.34. The van der Waals surface area contributed by atoms with Crippen LogP contribution < -0.4 is 0 Å². The molecule has 0 spiro atoms. The second-order valence-electron chi connectivity index (χ2n) is 3.34. The van der Waals surface area contributed by atoms with Crippen molar-refractivity contribution in [3.8, 4) is 0 Å². The molecule has 0 aromatic carbocycles. The normalized spacial score (nSPS) is 12.7. The number of aromatic nitrogens is 4. The van der Waals surface area contributed by atoms with Gasteiger partial charge in [-0.2, -0.15) is 5.10 Å². The standard InChI is InChI=1S/C10H12N4OS/c1-7(15)8-4-3-5-11-9(8)16-10-12-6-13-14(10)2/h3-7,15H,1-2H3. The zero-order valence-corrected chi connectivity index (χ0v) is 9.85. The molecule has 2 aromatic heterocycles. The number of nitrogens with zero attached hydrogens (tertiary/aromatic N) is 4. The van der Waals surface area contributed by atoms with Crippen molar-refractivity contribution in [3.63, 3.8) is 0 Å². The summed E-state index contributed by atoms with van der Waals surface area (Å²) in [6, 6.07) is 3.67. The highest BCUT2D eigenvalue weighted by Gasteiger charge is 2.12. The summed E-state index contributed by atoms with van der Waals surface area (Å²) in [5.74, 6) is 0. The van der Waals surface area contributed by atoms with E-state index < -0.39 is 6.10 Å². The first-order valence-corrected chi connectivity index (χ1v) is 5.65. The van der Waals surface area contributed by atoms with Crippen molar-refractivity contribution in [1.29, 1.82) is 0 Å². The Morgan fingerprint density at radius 2 is 2.25 bits per heavy atom. The van der Waals surface area contributed by atoms with E-state index in [1.807, 2.05) is 19.2 Å². The summed E-state index contributed by atoms with van der Waals surface area (Å²) in [6.45, 7) is 1.72. The van der Waals surface area contributed by atoms with Gasteiger partial charge in [0.15, 0.2) is 5.16 Å². The van der Waals surface area contributed by atoms with E-state index in [9.17, 15) is 5.11 Å². The van der Waals surface area contributed by atoms with Gasteiger partial charge in [-0.05, 0) is 24.8 Å². The van der Waals surface area contributed by atoms with E-state index in [1.165, 1.54) is 18.1 Å². The van der Waals surface area contributed by atoms with Gasteiger partial charge in [-0.25, -0.2) is 14.6 Å². The van der Waals surface area contributed by atoms with Crippen LogP contribution in [0.2, 0.25) is 0 Å². The number of hydrogen-bond acceptors (Lipinski definition) is 5. The van der Waals surface area contributed by atoms with Crippen molar-refractivity contribution in [1.82, 2.24) is 19.7 Å². The van der Waals surface area contributed by atoms with E-state index in [-0.39, 0.29) is 0 Å². The Morgan fingerprint density at radius 3 is 2.88 bits per heavy atom. The SMILES string of the molecule is CC(O)c1cccnc1Sc1ncnn1C. The van der Waals surface area contributed by atoms with Crippen LogP contribution >= 0.6 is 11.8 Å². The highest BCUT2D eigenvalue weighted by Crippen LogP contribution is 2.29. The summed E-state index contributed by atoms with van der Waals surface area (Å²) in [5.41, 5.74) is 0.801. The molecule has 1 unspecified atom stereocenters. The molecular weight excluding hydrogens is 224 g/mol. The number of hydrogen-bond donors (Lipinski definition) is 1. The summed E-state index contributed by atoms with van der Waals surface area (Å²) < 4.78 is 1.67. The second-order valence-corrected chi connectivity index (χ2v) is 4.30. The fourth-order valence-electron chi connectivity index (χ4n) is 1.27. The number of pyridine rings is 1. The predicted molar refractivity (Wildman–Crippen MR) is 60.0 cm³/mol. The minimum Gasteiger partial charge on any atom is -0.389 e. The molecule has 1 N–H and O–H groups in total. The lowest BCUT2D eigenvalue weighted by molar-refractivity contribution is 0.195. The Labute approximate surface area is 97.5 Å². The molecule has 5 nitrogen and oxygen atoms in total. The number of rotatable bonds is 3. The van der Waals surface area contributed by atoms with Gasteiger partial charge in [0.2, 0.25) is 0 Å². The van der Waals surface area contributed by atoms with Crippen LogP contribution in [0.4, 0.5) is 0 Å². The van der Waals surface area contributed by atoms with E-state index in [2.05, 4.69) is 15.1 Å². The molecule has 0 amide bonds. The van der Waals surface area contributed by atoms with Gasteiger partial charge < -0.3 is 5.11 Å². The smallest absolute Gasteiger partial charge is 0.192 e. The van der Waals surface area contributed by atoms with Crippen molar-refractivity contribution >= 4 is 11.8 Å². The molecule has 0 aliphatic rings. The van der Waals surface area contributed by atoms with Crippen LogP contribution in [0.1, 0.15) is 18.6 Å².